The van der Waals surface area contributed by atoms with E-state index < -0.39 is 27.8 Å². The molecule has 0 aliphatic heterocycles. The van der Waals surface area contributed by atoms with Crippen molar-refractivity contribution in [3.05, 3.63) is 59.2 Å². The van der Waals surface area contributed by atoms with Gasteiger partial charge in [0.1, 0.15) is 0 Å². The monoisotopic (exact) mass is 390 g/mol. The van der Waals surface area contributed by atoms with Crippen molar-refractivity contribution in [2.75, 3.05) is 11.3 Å². The Morgan fingerprint density at radius 1 is 1.07 bits per heavy atom. The number of carboxylic acids is 1. The van der Waals surface area contributed by atoms with Gasteiger partial charge in [-0.1, -0.05) is 30.7 Å². The Morgan fingerprint density at radius 2 is 1.70 bits per heavy atom. The zero-order valence-corrected chi connectivity index (χ0v) is 16.1. The van der Waals surface area contributed by atoms with Crippen LogP contribution in [0.4, 0.5) is 5.69 Å². The van der Waals surface area contributed by atoms with Gasteiger partial charge >= 0.3 is 5.97 Å². The number of anilines is 1. The number of aliphatic carboxylic acids is 1. The van der Waals surface area contributed by atoms with E-state index in [-0.39, 0.29) is 17.0 Å². The molecule has 0 fully saturated rings. The van der Waals surface area contributed by atoms with Gasteiger partial charge in [0.2, 0.25) is 0 Å². The Kier molecular flexibility index (Phi) is 6.22. The fraction of sp³-hybridized carbons (Fsp3) is 0.263. The van der Waals surface area contributed by atoms with Crippen molar-refractivity contribution in [2.45, 2.75) is 25.7 Å². The average Bonchev–Trinajstić information content (AvgIpc) is 2.61. The molecule has 27 heavy (non-hydrogen) atoms. The van der Waals surface area contributed by atoms with Gasteiger partial charge in [0.25, 0.3) is 15.9 Å². The molecular formula is C19H22N2O5S. The average molecular weight is 390 g/mol. The summed E-state index contributed by atoms with van der Waals surface area (Å²) in [7, 11) is -3.87. The summed E-state index contributed by atoms with van der Waals surface area (Å²) < 4.78 is 27.7. The second-order valence-corrected chi connectivity index (χ2v) is 8.08. The summed E-state index contributed by atoms with van der Waals surface area (Å²) in [6.07, 6.45) is 0. The van der Waals surface area contributed by atoms with Gasteiger partial charge in [0, 0.05) is 17.8 Å². The molecule has 1 atom stereocenters. The quantitative estimate of drug-likeness (QED) is 0.672. The van der Waals surface area contributed by atoms with Gasteiger partial charge in [-0.25, -0.2) is 8.42 Å². The first-order valence-corrected chi connectivity index (χ1v) is 9.79. The number of rotatable bonds is 7. The van der Waals surface area contributed by atoms with E-state index in [4.69, 9.17) is 5.11 Å². The Labute approximate surface area is 158 Å². The van der Waals surface area contributed by atoms with Crippen molar-refractivity contribution in [2.24, 2.45) is 5.92 Å². The van der Waals surface area contributed by atoms with Gasteiger partial charge in [-0.2, -0.15) is 0 Å². The molecule has 2 aromatic carbocycles. The number of nitrogens with one attached hydrogen (secondary N) is 2. The number of carboxylic acid groups (broad SMARTS) is 1. The fourth-order valence-corrected chi connectivity index (χ4v) is 3.36. The summed E-state index contributed by atoms with van der Waals surface area (Å²) in [6, 6.07) is 11.1. The molecule has 1 amide bonds. The standard InChI is InChI=1S/C19H22N2O5S/c1-12-4-7-15(8-5-12)21-27(25,26)16-9-6-13(2)17(10-16)18(22)20-11-14(3)19(23)24/h4-10,14,21H,11H2,1-3H3,(H,20,22)(H,23,24). The molecule has 0 bridgehead atoms. The fourth-order valence-electron chi connectivity index (χ4n) is 2.28. The molecule has 3 N–H and O–H groups in total. The first-order chi connectivity index (χ1) is 12.6. The van der Waals surface area contributed by atoms with Crippen molar-refractivity contribution in [3.8, 4) is 0 Å². The van der Waals surface area contributed by atoms with Crippen LogP contribution in [0, 0.1) is 19.8 Å². The zero-order valence-electron chi connectivity index (χ0n) is 15.3. The summed E-state index contributed by atoms with van der Waals surface area (Å²) in [5.41, 5.74) is 2.19. The largest absolute Gasteiger partial charge is 0.481 e. The molecule has 0 aliphatic carbocycles. The number of benzene rings is 2. The number of aryl methyl sites for hydroxylation is 2. The molecule has 0 saturated heterocycles. The topological polar surface area (TPSA) is 113 Å². The van der Waals surface area contributed by atoms with Gasteiger partial charge in [0.05, 0.1) is 10.8 Å². The Balaban J connectivity index is 2.23. The SMILES string of the molecule is Cc1ccc(NS(=O)(=O)c2ccc(C)c(C(=O)NCC(C)C(=O)O)c2)cc1. The summed E-state index contributed by atoms with van der Waals surface area (Å²) in [4.78, 5) is 23.2. The summed E-state index contributed by atoms with van der Waals surface area (Å²) in [6.45, 7) is 5.00. The van der Waals surface area contributed by atoms with Crippen molar-refractivity contribution in [1.29, 1.82) is 0 Å². The lowest BCUT2D eigenvalue weighted by Crippen LogP contribution is -2.32. The minimum Gasteiger partial charge on any atom is -0.481 e. The maximum Gasteiger partial charge on any atom is 0.308 e. The van der Waals surface area contributed by atoms with Gasteiger partial charge in [-0.15, -0.1) is 0 Å². The van der Waals surface area contributed by atoms with Crippen LogP contribution in [0.5, 0.6) is 0 Å². The molecule has 0 aromatic heterocycles. The Hall–Kier alpha value is -2.87. The molecule has 0 radical (unpaired) electrons. The van der Waals surface area contributed by atoms with Gasteiger partial charge in [-0.3, -0.25) is 14.3 Å². The summed E-state index contributed by atoms with van der Waals surface area (Å²) in [5, 5.41) is 11.4. The van der Waals surface area contributed by atoms with E-state index in [0.29, 0.717) is 11.3 Å². The third-order valence-corrected chi connectivity index (χ3v) is 5.44. The van der Waals surface area contributed by atoms with E-state index in [1.54, 1.807) is 37.3 Å². The predicted octanol–water partition coefficient (Wildman–Crippen LogP) is 2.55. The number of carbonyl (C=O) groups is 2. The second kappa shape index (κ2) is 8.22. The zero-order chi connectivity index (χ0) is 20.2. The molecule has 0 saturated carbocycles. The second-order valence-electron chi connectivity index (χ2n) is 6.40. The van der Waals surface area contributed by atoms with Gasteiger partial charge in [0.15, 0.2) is 0 Å². The highest BCUT2D eigenvalue weighted by atomic mass is 32.2. The number of hydrogen-bond donors (Lipinski definition) is 3. The molecule has 0 heterocycles. The van der Waals surface area contributed by atoms with E-state index >= 15 is 0 Å². The molecule has 1 unspecified atom stereocenters. The first-order valence-electron chi connectivity index (χ1n) is 8.31. The van der Waals surface area contributed by atoms with Crippen LogP contribution in [0.3, 0.4) is 0 Å². The maximum absolute atomic E-state index is 12.6. The normalized spacial score (nSPS) is 12.3. The molecule has 0 spiro atoms. The smallest absolute Gasteiger partial charge is 0.308 e. The Morgan fingerprint density at radius 3 is 2.30 bits per heavy atom. The van der Waals surface area contributed by atoms with Crippen molar-refractivity contribution in [1.82, 2.24) is 5.32 Å². The maximum atomic E-state index is 12.6. The predicted molar refractivity (Wildman–Crippen MR) is 102 cm³/mol. The van der Waals surface area contributed by atoms with Crippen LogP contribution in [0.2, 0.25) is 0 Å². The van der Waals surface area contributed by atoms with Crippen LogP contribution in [0.1, 0.15) is 28.4 Å². The van der Waals surface area contributed by atoms with Crippen LogP contribution < -0.4 is 10.0 Å². The van der Waals surface area contributed by atoms with Crippen molar-refractivity contribution < 1.29 is 23.1 Å². The highest BCUT2D eigenvalue weighted by Gasteiger charge is 2.19. The van der Waals surface area contributed by atoms with Crippen LogP contribution in [-0.4, -0.2) is 31.9 Å². The highest BCUT2D eigenvalue weighted by molar-refractivity contribution is 7.92. The summed E-state index contributed by atoms with van der Waals surface area (Å²) >= 11 is 0. The number of hydrogen-bond acceptors (Lipinski definition) is 4. The molecule has 0 aliphatic rings. The van der Waals surface area contributed by atoms with Crippen molar-refractivity contribution in [3.63, 3.8) is 0 Å². The van der Waals surface area contributed by atoms with E-state index in [0.717, 1.165) is 5.56 Å². The molecule has 8 heteroatoms. The van der Waals surface area contributed by atoms with Gasteiger partial charge in [-0.05, 0) is 43.7 Å². The number of carbonyl (C=O) groups excluding carboxylic acids is 1. The molecule has 2 rings (SSSR count). The van der Waals surface area contributed by atoms with Crippen LogP contribution in [0.25, 0.3) is 0 Å². The van der Waals surface area contributed by atoms with Crippen LogP contribution in [-0.2, 0) is 14.8 Å². The highest BCUT2D eigenvalue weighted by Crippen LogP contribution is 2.20. The lowest BCUT2D eigenvalue weighted by molar-refractivity contribution is -0.140. The first kappa shape index (κ1) is 20.4. The van der Waals surface area contributed by atoms with E-state index in [1.165, 1.54) is 19.1 Å². The molecule has 144 valence electrons. The third kappa shape index (κ3) is 5.30. The number of amides is 1. The molecule has 2 aromatic rings. The van der Waals surface area contributed by atoms with E-state index in [9.17, 15) is 18.0 Å². The minimum absolute atomic E-state index is 0.0494. The lowest BCUT2D eigenvalue weighted by Gasteiger charge is -2.13. The van der Waals surface area contributed by atoms with E-state index in [2.05, 4.69) is 10.0 Å². The summed E-state index contributed by atoms with van der Waals surface area (Å²) in [5.74, 6) is -2.29. The van der Waals surface area contributed by atoms with Crippen molar-refractivity contribution >= 4 is 27.6 Å². The van der Waals surface area contributed by atoms with E-state index in [1.807, 2.05) is 6.92 Å². The van der Waals surface area contributed by atoms with Gasteiger partial charge < -0.3 is 10.4 Å². The number of sulfonamides is 1. The minimum atomic E-state index is -3.87. The third-order valence-electron chi connectivity index (χ3n) is 4.06. The lowest BCUT2D eigenvalue weighted by atomic mass is 10.1. The molecular weight excluding hydrogens is 368 g/mol. The van der Waals surface area contributed by atoms with Crippen LogP contribution in [0.15, 0.2) is 47.4 Å². The molecule has 7 nitrogen and oxygen atoms in total. The van der Waals surface area contributed by atoms with Crippen LogP contribution >= 0.6 is 0 Å². The Bertz CT molecular complexity index is 953.